The van der Waals surface area contributed by atoms with Crippen LogP contribution in [-0.2, 0) is 9.53 Å². The SMILES string of the molecule is COC(=O)c1cccc(C(=O)N[C@H](CC=C(C)C)C(=O)O)c1. The highest BCUT2D eigenvalue weighted by Crippen LogP contribution is 2.08. The second-order valence-corrected chi connectivity index (χ2v) is 4.95. The summed E-state index contributed by atoms with van der Waals surface area (Å²) in [5.74, 6) is -2.23. The Morgan fingerprint density at radius 3 is 2.45 bits per heavy atom. The van der Waals surface area contributed by atoms with Gasteiger partial charge in [-0.1, -0.05) is 17.7 Å². The Labute approximate surface area is 128 Å². The molecule has 0 aliphatic rings. The van der Waals surface area contributed by atoms with Crippen LogP contribution in [0.5, 0.6) is 0 Å². The Morgan fingerprint density at radius 2 is 1.91 bits per heavy atom. The summed E-state index contributed by atoms with van der Waals surface area (Å²) in [4.78, 5) is 34.7. The van der Waals surface area contributed by atoms with E-state index in [1.807, 2.05) is 13.8 Å². The standard InChI is InChI=1S/C16H19NO5/c1-10(2)7-8-13(15(19)20)17-14(18)11-5-4-6-12(9-11)16(21)22-3/h4-7,9,13H,8H2,1-3H3,(H,17,18)(H,19,20)/t13-/m1/s1. The third-order valence-corrected chi connectivity index (χ3v) is 2.91. The number of carboxylic acid groups (broad SMARTS) is 1. The van der Waals surface area contributed by atoms with Crippen LogP contribution in [0.25, 0.3) is 0 Å². The fourth-order valence-corrected chi connectivity index (χ4v) is 1.72. The van der Waals surface area contributed by atoms with Gasteiger partial charge in [0.2, 0.25) is 0 Å². The fourth-order valence-electron chi connectivity index (χ4n) is 1.72. The van der Waals surface area contributed by atoms with Crippen molar-refractivity contribution in [2.75, 3.05) is 7.11 Å². The molecule has 1 aromatic rings. The normalized spacial score (nSPS) is 11.2. The average Bonchev–Trinajstić information content (AvgIpc) is 2.49. The minimum atomic E-state index is -1.12. The molecule has 0 spiro atoms. The Bertz CT molecular complexity index is 602. The highest BCUT2D eigenvalue weighted by Gasteiger charge is 2.20. The Kier molecular flexibility index (Phi) is 6.31. The van der Waals surface area contributed by atoms with E-state index < -0.39 is 23.9 Å². The van der Waals surface area contributed by atoms with Crippen LogP contribution in [0.2, 0.25) is 0 Å². The lowest BCUT2D eigenvalue weighted by atomic mass is 10.1. The minimum Gasteiger partial charge on any atom is -0.480 e. The molecule has 0 heterocycles. The predicted molar refractivity (Wildman–Crippen MR) is 80.7 cm³/mol. The van der Waals surface area contributed by atoms with Crippen molar-refractivity contribution in [1.29, 1.82) is 0 Å². The topological polar surface area (TPSA) is 92.7 Å². The molecular formula is C16H19NO5. The highest BCUT2D eigenvalue weighted by molar-refractivity contribution is 5.99. The van der Waals surface area contributed by atoms with Crippen molar-refractivity contribution in [1.82, 2.24) is 5.32 Å². The first-order valence-corrected chi connectivity index (χ1v) is 6.70. The van der Waals surface area contributed by atoms with E-state index in [0.29, 0.717) is 0 Å². The summed E-state index contributed by atoms with van der Waals surface area (Å²) in [6.45, 7) is 3.70. The van der Waals surface area contributed by atoms with Gasteiger partial charge >= 0.3 is 11.9 Å². The third-order valence-electron chi connectivity index (χ3n) is 2.91. The first-order chi connectivity index (χ1) is 10.3. The molecule has 1 amide bonds. The third kappa shape index (κ3) is 5.05. The molecule has 0 radical (unpaired) electrons. The van der Waals surface area contributed by atoms with Gasteiger partial charge in [0.15, 0.2) is 0 Å². The van der Waals surface area contributed by atoms with E-state index >= 15 is 0 Å². The number of carboxylic acids is 1. The molecule has 0 aromatic heterocycles. The van der Waals surface area contributed by atoms with Crippen LogP contribution in [0.1, 0.15) is 41.0 Å². The molecule has 118 valence electrons. The Hall–Kier alpha value is -2.63. The zero-order valence-corrected chi connectivity index (χ0v) is 12.8. The van der Waals surface area contributed by atoms with Gasteiger partial charge in [-0.3, -0.25) is 4.79 Å². The van der Waals surface area contributed by atoms with Gasteiger partial charge in [0, 0.05) is 5.56 Å². The smallest absolute Gasteiger partial charge is 0.337 e. The summed E-state index contributed by atoms with van der Waals surface area (Å²) >= 11 is 0. The summed E-state index contributed by atoms with van der Waals surface area (Å²) in [5.41, 5.74) is 1.39. The van der Waals surface area contributed by atoms with Crippen molar-refractivity contribution < 1.29 is 24.2 Å². The van der Waals surface area contributed by atoms with Crippen LogP contribution < -0.4 is 5.32 Å². The molecule has 6 nitrogen and oxygen atoms in total. The second kappa shape index (κ2) is 7.97. The number of ether oxygens (including phenoxy) is 1. The molecule has 22 heavy (non-hydrogen) atoms. The zero-order valence-electron chi connectivity index (χ0n) is 12.8. The Balaban J connectivity index is 2.88. The molecule has 0 aliphatic carbocycles. The molecule has 6 heteroatoms. The maximum absolute atomic E-state index is 12.1. The van der Waals surface area contributed by atoms with E-state index in [1.54, 1.807) is 6.08 Å². The van der Waals surface area contributed by atoms with Gasteiger partial charge in [0.25, 0.3) is 5.91 Å². The zero-order chi connectivity index (χ0) is 16.7. The number of carbonyl (C=O) groups is 3. The summed E-state index contributed by atoms with van der Waals surface area (Å²) in [6, 6.07) is 4.89. The molecule has 0 aliphatic heterocycles. The lowest BCUT2D eigenvalue weighted by Crippen LogP contribution is -2.40. The molecule has 0 saturated heterocycles. The number of carbonyl (C=O) groups excluding carboxylic acids is 2. The van der Waals surface area contributed by atoms with Gasteiger partial charge in [-0.2, -0.15) is 0 Å². The lowest BCUT2D eigenvalue weighted by Gasteiger charge is -2.13. The van der Waals surface area contributed by atoms with Gasteiger partial charge in [0.1, 0.15) is 6.04 Å². The number of rotatable bonds is 6. The average molecular weight is 305 g/mol. The fraction of sp³-hybridized carbons (Fsp3) is 0.312. The van der Waals surface area contributed by atoms with Crippen molar-refractivity contribution in [3.63, 3.8) is 0 Å². The van der Waals surface area contributed by atoms with Crippen molar-refractivity contribution in [2.24, 2.45) is 0 Å². The monoisotopic (exact) mass is 305 g/mol. The van der Waals surface area contributed by atoms with E-state index in [2.05, 4.69) is 10.1 Å². The number of esters is 1. The van der Waals surface area contributed by atoms with Crippen molar-refractivity contribution in [2.45, 2.75) is 26.3 Å². The molecule has 0 saturated carbocycles. The summed E-state index contributed by atoms with van der Waals surface area (Å²) in [5, 5.41) is 11.6. The van der Waals surface area contributed by atoms with Gasteiger partial charge < -0.3 is 15.2 Å². The van der Waals surface area contributed by atoms with E-state index in [4.69, 9.17) is 5.11 Å². The number of amides is 1. The number of allylic oxidation sites excluding steroid dienone is 1. The molecule has 0 fully saturated rings. The maximum atomic E-state index is 12.1. The predicted octanol–water partition coefficient (Wildman–Crippen LogP) is 2.01. The second-order valence-electron chi connectivity index (χ2n) is 4.95. The van der Waals surface area contributed by atoms with Crippen LogP contribution in [0.15, 0.2) is 35.9 Å². The van der Waals surface area contributed by atoms with Crippen LogP contribution in [0.4, 0.5) is 0 Å². The number of aliphatic carboxylic acids is 1. The van der Waals surface area contributed by atoms with E-state index in [1.165, 1.54) is 31.4 Å². The van der Waals surface area contributed by atoms with Crippen LogP contribution >= 0.6 is 0 Å². The van der Waals surface area contributed by atoms with Gasteiger partial charge in [-0.05, 0) is 38.5 Å². The molecular weight excluding hydrogens is 286 g/mol. The molecule has 0 unspecified atom stereocenters. The van der Waals surface area contributed by atoms with E-state index in [-0.39, 0.29) is 17.5 Å². The first-order valence-electron chi connectivity index (χ1n) is 6.70. The highest BCUT2D eigenvalue weighted by atomic mass is 16.5. The largest absolute Gasteiger partial charge is 0.480 e. The molecule has 1 aromatic carbocycles. The number of nitrogens with one attached hydrogen (secondary N) is 1. The van der Waals surface area contributed by atoms with E-state index in [9.17, 15) is 14.4 Å². The first kappa shape index (κ1) is 17.4. The lowest BCUT2D eigenvalue weighted by molar-refractivity contribution is -0.139. The summed E-state index contributed by atoms with van der Waals surface area (Å²) in [7, 11) is 1.24. The van der Waals surface area contributed by atoms with Gasteiger partial charge in [-0.25, -0.2) is 9.59 Å². The van der Waals surface area contributed by atoms with Gasteiger partial charge in [-0.15, -0.1) is 0 Å². The molecule has 1 atom stereocenters. The van der Waals surface area contributed by atoms with Crippen LogP contribution in [0, 0.1) is 0 Å². The minimum absolute atomic E-state index is 0.195. The molecule has 2 N–H and O–H groups in total. The molecule has 1 rings (SSSR count). The number of methoxy groups -OCH3 is 1. The molecule has 0 bridgehead atoms. The van der Waals surface area contributed by atoms with Crippen LogP contribution in [0.3, 0.4) is 0 Å². The summed E-state index contributed by atoms with van der Waals surface area (Å²) in [6.07, 6.45) is 1.93. The van der Waals surface area contributed by atoms with E-state index in [0.717, 1.165) is 5.57 Å². The number of hydrogen-bond acceptors (Lipinski definition) is 4. The quantitative estimate of drug-likeness (QED) is 0.619. The van der Waals surface area contributed by atoms with Crippen molar-refractivity contribution >= 4 is 17.8 Å². The Morgan fingerprint density at radius 1 is 1.27 bits per heavy atom. The van der Waals surface area contributed by atoms with Crippen LogP contribution in [-0.4, -0.2) is 36.1 Å². The van der Waals surface area contributed by atoms with Crippen molar-refractivity contribution in [3.05, 3.63) is 47.0 Å². The summed E-state index contributed by atoms with van der Waals surface area (Å²) < 4.78 is 4.58. The number of hydrogen-bond donors (Lipinski definition) is 2. The maximum Gasteiger partial charge on any atom is 0.337 e. The van der Waals surface area contributed by atoms with Gasteiger partial charge in [0.05, 0.1) is 12.7 Å². The van der Waals surface area contributed by atoms with Crippen molar-refractivity contribution in [3.8, 4) is 0 Å². The number of benzene rings is 1.